The molecule has 3 aromatic rings. The van der Waals surface area contributed by atoms with Crippen molar-refractivity contribution in [2.45, 2.75) is 6.92 Å². The number of nitriles is 1. The molecule has 26 heavy (non-hydrogen) atoms. The van der Waals surface area contributed by atoms with E-state index in [1.54, 1.807) is 23.7 Å². The summed E-state index contributed by atoms with van der Waals surface area (Å²) in [7, 11) is 0. The maximum absolute atomic E-state index is 12.0. The second-order valence-electron chi connectivity index (χ2n) is 5.18. The highest BCUT2D eigenvalue weighted by atomic mass is 32.1. The first-order valence-electron chi connectivity index (χ1n) is 7.61. The van der Waals surface area contributed by atoms with Gasteiger partial charge in [0.15, 0.2) is 11.7 Å². The number of carbonyl (C=O) groups is 1. The zero-order valence-electron chi connectivity index (χ0n) is 13.8. The highest BCUT2D eigenvalue weighted by molar-refractivity contribution is 7.13. The van der Waals surface area contributed by atoms with E-state index in [2.05, 4.69) is 21.4 Å². The van der Waals surface area contributed by atoms with Crippen LogP contribution in [0.3, 0.4) is 0 Å². The lowest BCUT2D eigenvalue weighted by Gasteiger charge is -2.09. The number of hydrogen-bond acceptors (Lipinski definition) is 7. The summed E-state index contributed by atoms with van der Waals surface area (Å²) in [4.78, 5) is 20.3. The number of anilines is 1. The van der Waals surface area contributed by atoms with E-state index in [1.165, 1.54) is 22.7 Å². The molecular weight excluding hydrogens is 368 g/mol. The van der Waals surface area contributed by atoms with Crippen molar-refractivity contribution in [3.63, 3.8) is 0 Å². The van der Waals surface area contributed by atoms with Gasteiger partial charge in [-0.05, 0) is 19.1 Å². The van der Waals surface area contributed by atoms with Gasteiger partial charge >= 0.3 is 0 Å². The molecule has 2 heterocycles. The van der Waals surface area contributed by atoms with E-state index in [0.29, 0.717) is 27.0 Å². The van der Waals surface area contributed by atoms with Crippen LogP contribution in [0.1, 0.15) is 16.3 Å². The number of amides is 1. The lowest BCUT2D eigenvalue weighted by Crippen LogP contribution is -2.20. The lowest BCUT2D eigenvalue weighted by atomic mass is 10.1. The Balaban J connectivity index is 1.74. The van der Waals surface area contributed by atoms with Crippen LogP contribution < -0.4 is 10.1 Å². The first-order chi connectivity index (χ1) is 12.7. The quantitative estimate of drug-likeness (QED) is 0.651. The van der Waals surface area contributed by atoms with Crippen molar-refractivity contribution in [2.24, 2.45) is 0 Å². The Morgan fingerprint density at radius 3 is 2.92 bits per heavy atom. The molecule has 6 nitrogen and oxygen atoms in total. The van der Waals surface area contributed by atoms with Crippen LogP contribution >= 0.6 is 22.7 Å². The minimum absolute atomic E-state index is 0.150. The van der Waals surface area contributed by atoms with Gasteiger partial charge in [0, 0.05) is 28.2 Å². The van der Waals surface area contributed by atoms with Crippen molar-refractivity contribution < 1.29 is 9.53 Å². The molecule has 0 bridgehead atoms. The molecule has 0 unspecified atom stereocenters. The number of ether oxygens (including phenoxy) is 1. The molecular formula is C18H14N4O2S2. The normalized spacial score (nSPS) is 11.0. The predicted octanol–water partition coefficient (Wildman–Crippen LogP) is 3.99. The van der Waals surface area contributed by atoms with Crippen molar-refractivity contribution in [1.29, 1.82) is 5.26 Å². The number of allylic oxidation sites excluding steroid dienone is 1. The molecule has 0 aliphatic carbocycles. The van der Waals surface area contributed by atoms with Crippen molar-refractivity contribution >= 4 is 45.4 Å². The molecule has 2 aromatic heterocycles. The van der Waals surface area contributed by atoms with Crippen molar-refractivity contribution in [2.75, 3.05) is 11.9 Å². The number of benzene rings is 1. The smallest absolute Gasteiger partial charge is 0.264 e. The zero-order chi connectivity index (χ0) is 18.4. The highest BCUT2D eigenvalue weighted by Gasteiger charge is 2.10. The SMILES string of the molecule is Cc1csc(/C(C#N)=C/c2ccccc2OCC(=O)Nc2nccs2)n1. The molecule has 0 spiro atoms. The second kappa shape index (κ2) is 8.38. The van der Waals surface area contributed by atoms with Gasteiger partial charge in [0.25, 0.3) is 5.91 Å². The summed E-state index contributed by atoms with van der Waals surface area (Å²) >= 11 is 2.75. The number of nitrogens with one attached hydrogen (secondary N) is 1. The molecule has 3 rings (SSSR count). The number of hydrogen-bond donors (Lipinski definition) is 1. The lowest BCUT2D eigenvalue weighted by molar-refractivity contribution is -0.118. The fourth-order valence-electron chi connectivity index (χ4n) is 2.09. The average Bonchev–Trinajstić information content (AvgIpc) is 3.30. The van der Waals surface area contributed by atoms with Gasteiger partial charge in [0.1, 0.15) is 16.8 Å². The van der Waals surface area contributed by atoms with Crippen LogP contribution in [0.5, 0.6) is 5.75 Å². The summed E-state index contributed by atoms with van der Waals surface area (Å²) in [5.74, 6) is 0.220. The fraction of sp³-hybridized carbons (Fsp3) is 0.111. The van der Waals surface area contributed by atoms with Crippen molar-refractivity contribution in [3.8, 4) is 11.8 Å². The van der Waals surface area contributed by atoms with E-state index < -0.39 is 0 Å². The topological polar surface area (TPSA) is 87.9 Å². The van der Waals surface area contributed by atoms with Gasteiger partial charge < -0.3 is 4.74 Å². The van der Waals surface area contributed by atoms with Gasteiger partial charge in [-0.2, -0.15) is 5.26 Å². The van der Waals surface area contributed by atoms with Gasteiger partial charge in [-0.1, -0.05) is 18.2 Å². The van der Waals surface area contributed by atoms with Gasteiger partial charge in [0.2, 0.25) is 0 Å². The molecule has 1 N–H and O–H groups in total. The first-order valence-corrected chi connectivity index (χ1v) is 9.37. The van der Waals surface area contributed by atoms with E-state index in [1.807, 2.05) is 30.5 Å². The van der Waals surface area contributed by atoms with Gasteiger partial charge in [-0.3, -0.25) is 10.1 Å². The molecule has 0 fully saturated rings. The summed E-state index contributed by atoms with van der Waals surface area (Å²) in [6, 6.07) is 9.40. The van der Waals surface area contributed by atoms with Gasteiger partial charge in [0.05, 0.1) is 5.57 Å². The maximum atomic E-state index is 12.0. The Kier molecular flexibility index (Phi) is 5.73. The molecule has 0 aliphatic heterocycles. The Morgan fingerprint density at radius 1 is 1.38 bits per heavy atom. The predicted molar refractivity (Wildman–Crippen MR) is 103 cm³/mol. The third-order valence-corrected chi connectivity index (χ3v) is 4.91. The Labute approximate surface area is 158 Å². The maximum Gasteiger partial charge on any atom is 0.264 e. The minimum atomic E-state index is -0.296. The number of para-hydroxylation sites is 1. The summed E-state index contributed by atoms with van der Waals surface area (Å²) in [6.45, 7) is 1.73. The van der Waals surface area contributed by atoms with E-state index in [-0.39, 0.29) is 12.5 Å². The summed E-state index contributed by atoms with van der Waals surface area (Å²) in [6.07, 6.45) is 3.33. The third kappa shape index (κ3) is 4.53. The molecule has 0 saturated heterocycles. The fourth-order valence-corrected chi connectivity index (χ4v) is 3.40. The zero-order valence-corrected chi connectivity index (χ0v) is 15.4. The van der Waals surface area contributed by atoms with Gasteiger partial charge in [-0.15, -0.1) is 22.7 Å². The summed E-state index contributed by atoms with van der Waals surface area (Å²) < 4.78 is 5.63. The summed E-state index contributed by atoms with van der Waals surface area (Å²) in [5, 5.41) is 17.0. The van der Waals surface area contributed by atoms with Crippen LogP contribution in [0.2, 0.25) is 0 Å². The number of rotatable bonds is 6. The number of nitrogens with zero attached hydrogens (tertiary/aromatic N) is 3. The standard InChI is InChI=1S/C18H14N4O2S2/c1-12-11-26-17(21-12)14(9-19)8-13-4-2-3-5-15(13)24-10-16(23)22-18-20-6-7-25-18/h2-8,11H,10H2,1H3,(H,20,22,23)/b14-8+. The van der Waals surface area contributed by atoms with Gasteiger partial charge in [-0.25, -0.2) is 9.97 Å². The second-order valence-corrected chi connectivity index (χ2v) is 6.93. The van der Waals surface area contributed by atoms with Crippen LogP contribution in [0.4, 0.5) is 5.13 Å². The summed E-state index contributed by atoms with van der Waals surface area (Å²) in [5.41, 5.74) is 2.03. The number of aromatic nitrogens is 2. The Morgan fingerprint density at radius 2 is 2.23 bits per heavy atom. The highest BCUT2D eigenvalue weighted by Crippen LogP contribution is 2.26. The number of carbonyl (C=O) groups excluding carboxylic acids is 1. The molecule has 1 aromatic carbocycles. The molecule has 0 atom stereocenters. The number of aryl methyl sites for hydroxylation is 1. The molecule has 0 radical (unpaired) electrons. The Hall–Kier alpha value is -3.02. The van der Waals surface area contributed by atoms with E-state index in [9.17, 15) is 10.1 Å². The van der Waals surface area contributed by atoms with E-state index in [4.69, 9.17) is 4.74 Å². The van der Waals surface area contributed by atoms with E-state index in [0.717, 1.165) is 5.69 Å². The van der Waals surface area contributed by atoms with Crippen LogP contribution in [0.15, 0.2) is 41.2 Å². The van der Waals surface area contributed by atoms with Crippen molar-refractivity contribution in [3.05, 3.63) is 57.5 Å². The van der Waals surface area contributed by atoms with Crippen LogP contribution in [0, 0.1) is 18.3 Å². The van der Waals surface area contributed by atoms with E-state index >= 15 is 0 Å². The first kappa shape index (κ1) is 17.8. The Bertz CT molecular complexity index is 971. The van der Waals surface area contributed by atoms with Crippen LogP contribution in [0.25, 0.3) is 11.6 Å². The minimum Gasteiger partial charge on any atom is -0.483 e. The third-order valence-electron chi connectivity index (χ3n) is 3.23. The van der Waals surface area contributed by atoms with Crippen LogP contribution in [-0.2, 0) is 4.79 Å². The largest absolute Gasteiger partial charge is 0.483 e. The average molecular weight is 382 g/mol. The monoisotopic (exact) mass is 382 g/mol. The van der Waals surface area contributed by atoms with Crippen LogP contribution in [-0.4, -0.2) is 22.5 Å². The molecule has 1 amide bonds. The molecule has 8 heteroatoms. The molecule has 130 valence electrons. The van der Waals surface area contributed by atoms with Crippen molar-refractivity contribution in [1.82, 2.24) is 9.97 Å². The molecule has 0 aliphatic rings. The molecule has 0 saturated carbocycles. The number of thiazole rings is 2.